The quantitative estimate of drug-likeness (QED) is 0.832. The van der Waals surface area contributed by atoms with E-state index in [4.69, 9.17) is 5.73 Å². The SMILES string of the molecule is CCC(N)C(c1cccs1)N(CC)Cc1cccs1. The molecule has 0 spiro atoms. The van der Waals surface area contributed by atoms with E-state index < -0.39 is 0 Å². The summed E-state index contributed by atoms with van der Waals surface area (Å²) < 4.78 is 0. The van der Waals surface area contributed by atoms with E-state index >= 15 is 0 Å². The number of nitrogens with zero attached hydrogens (tertiary/aromatic N) is 1. The smallest absolute Gasteiger partial charge is 0.0596 e. The van der Waals surface area contributed by atoms with Crippen molar-refractivity contribution < 1.29 is 0 Å². The van der Waals surface area contributed by atoms with Crippen LogP contribution in [0.15, 0.2) is 35.0 Å². The fourth-order valence-corrected chi connectivity index (χ4v) is 4.02. The summed E-state index contributed by atoms with van der Waals surface area (Å²) in [7, 11) is 0. The van der Waals surface area contributed by atoms with Gasteiger partial charge in [0.2, 0.25) is 0 Å². The lowest BCUT2D eigenvalue weighted by Gasteiger charge is -2.33. The Hall–Kier alpha value is -0.680. The Balaban J connectivity index is 2.19. The molecule has 2 N–H and O–H groups in total. The highest BCUT2D eigenvalue weighted by atomic mass is 32.1. The maximum Gasteiger partial charge on any atom is 0.0596 e. The van der Waals surface area contributed by atoms with E-state index in [0.29, 0.717) is 6.04 Å². The maximum atomic E-state index is 6.38. The molecule has 0 saturated carbocycles. The van der Waals surface area contributed by atoms with Crippen LogP contribution in [0.5, 0.6) is 0 Å². The summed E-state index contributed by atoms with van der Waals surface area (Å²) in [5.74, 6) is 0. The highest BCUT2D eigenvalue weighted by Crippen LogP contribution is 2.30. The van der Waals surface area contributed by atoms with Gasteiger partial charge >= 0.3 is 0 Å². The van der Waals surface area contributed by atoms with Crippen molar-refractivity contribution in [2.75, 3.05) is 6.54 Å². The summed E-state index contributed by atoms with van der Waals surface area (Å²) in [5, 5.41) is 4.28. The Morgan fingerprint density at radius 3 is 2.42 bits per heavy atom. The van der Waals surface area contributed by atoms with Gasteiger partial charge in [-0.1, -0.05) is 26.0 Å². The monoisotopic (exact) mass is 294 g/mol. The number of nitrogens with two attached hydrogens (primary N) is 1. The van der Waals surface area contributed by atoms with Gasteiger partial charge in [-0.15, -0.1) is 22.7 Å². The van der Waals surface area contributed by atoms with Crippen molar-refractivity contribution in [2.24, 2.45) is 5.73 Å². The molecule has 0 amide bonds. The highest BCUT2D eigenvalue weighted by molar-refractivity contribution is 7.10. The molecular formula is C15H22N2S2. The maximum absolute atomic E-state index is 6.38. The van der Waals surface area contributed by atoms with Crippen molar-refractivity contribution in [1.29, 1.82) is 0 Å². The Morgan fingerprint density at radius 2 is 1.89 bits per heavy atom. The van der Waals surface area contributed by atoms with Crippen LogP contribution in [0.25, 0.3) is 0 Å². The molecule has 2 atom stereocenters. The lowest BCUT2D eigenvalue weighted by atomic mass is 10.0. The Labute approximate surface area is 123 Å². The van der Waals surface area contributed by atoms with Gasteiger partial charge in [-0.25, -0.2) is 0 Å². The van der Waals surface area contributed by atoms with E-state index in [2.05, 4.69) is 53.8 Å². The number of hydrogen-bond acceptors (Lipinski definition) is 4. The Bertz CT molecular complexity index is 450. The van der Waals surface area contributed by atoms with E-state index in [1.54, 1.807) is 0 Å². The van der Waals surface area contributed by atoms with Gasteiger partial charge in [0, 0.05) is 22.3 Å². The first-order valence-electron chi connectivity index (χ1n) is 6.81. The van der Waals surface area contributed by atoms with Crippen LogP contribution in [0, 0.1) is 0 Å². The second kappa shape index (κ2) is 7.20. The third-order valence-corrected chi connectivity index (χ3v) is 5.25. The molecule has 2 aromatic rings. The van der Waals surface area contributed by atoms with Crippen LogP contribution in [-0.4, -0.2) is 17.5 Å². The molecule has 0 fully saturated rings. The molecule has 0 saturated heterocycles. The molecule has 19 heavy (non-hydrogen) atoms. The lowest BCUT2D eigenvalue weighted by Crippen LogP contribution is -2.40. The molecule has 2 unspecified atom stereocenters. The molecule has 0 aromatic carbocycles. The topological polar surface area (TPSA) is 29.3 Å². The third-order valence-electron chi connectivity index (χ3n) is 3.45. The fourth-order valence-electron chi connectivity index (χ4n) is 2.35. The van der Waals surface area contributed by atoms with E-state index in [0.717, 1.165) is 19.5 Å². The van der Waals surface area contributed by atoms with E-state index in [1.807, 2.05) is 22.7 Å². The van der Waals surface area contributed by atoms with E-state index in [-0.39, 0.29) is 6.04 Å². The summed E-state index contributed by atoms with van der Waals surface area (Å²) in [5.41, 5.74) is 6.38. The zero-order valence-electron chi connectivity index (χ0n) is 11.6. The minimum atomic E-state index is 0.193. The number of rotatable bonds is 7. The summed E-state index contributed by atoms with van der Waals surface area (Å²) in [6.45, 7) is 6.40. The molecule has 2 nitrogen and oxygen atoms in total. The van der Waals surface area contributed by atoms with Crippen LogP contribution in [0.1, 0.15) is 36.1 Å². The fraction of sp³-hybridized carbons (Fsp3) is 0.467. The van der Waals surface area contributed by atoms with Crippen molar-refractivity contribution in [3.05, 3.63) is 44.8 Å². The van der Waals surface area contributed by atoms with Crippen molar-refractivity contribution in [3.8, 4) is 0 Å². The molecule has 0 bridgehead atoms. The van der Waals surface area contributed by atoms with Crippen LogP contribution >= 0.6 is 22.7 Å². The van der Waals surface area contributed by atoms with Gasteiger partial charge in [0.1, 0.15) is 0 Å². The Kier molecular flexibility index (Phi) is 5.58. The summed E-state index contributed by atoms with van der Waals surface area (Å²) >= 11 is 3.63. The third kappa shape index (κ3) is 3.66. The highest BCUT2D eigenvalue weighted by Gasteiger charge is 2.25. The van der Waals surface area contributed by atoms with Gasteiger partial charge in [-0.2, -0.15) is 0 Å². The van der Waals surface area contributed by atoms with Gasteiger partial charge < -0.3 is 5.73 Å². The van der Waals surface area contributed by atoms with E-state index in [1.165, 1.54) is 9.75 Å². The van der Waals surface area contributed by atoms with Gasteiger partial charge in [0.25, 0.3) is 0 Å². The summed E-state index contributed by atoms with van der Waals surface area (Å²) in [6, 6.07) is 9.18. The number of likely N-dealkylation sites (N-methyl/N-ethyl adjacent to an activating group) is 1. The lowest BCUT2D eigenvalue weighted by molar-refractivity contribution is 0.174. The van der Waals surface area contributed by atoms with Crippen molar-refractivity contribution in [1.82, 2.24) is 4.90 Å². The minimum absolute atomic E-state index is 0.193. The molecule has 0 aliphatic rings. The summed E-state index contributed by atoms with van der Waals surface area (Å²) in [6.07, 6.45) is 1.00. The zero-order valence-corrected chi connectivity index (χ0v) is 13.2. The average molecular weight is 294 g/mol. The minimum Gasteiger partial charge on any atom is -0.326 e. The number of thiophene rings is 2. The van der Waals surface area contributed by atoms with Gasteiger partial charge in [-0.05, 0) is 35.9 Å². The first-order valence-corrected chi connectivity index (χ1v) is 8.57. The normalized spacial score (nSPS) is 14.7. The molecule has 2 heterocycles. The van der Waals surface area contributed by atoms with Crippen LogP contribution in [0.4, 0.5) is 0 Å². The molecule has 0 radical (unpaired) electrons. The molecule has 0 aliphatic carbocycles. The second-order valence-corrected chi connectivity index (χ2v) is 6.69. The molecule has 4 heteroatoms. The largest absolute Gasteiger partial charge is 0.326 e. The predicted molar refractivity (Wildman–Crippen MR) is 85.7 cm³/mol. The number of hydrogen-bond donors (Lipinski definition) is 1. The van der Waals surface area contributed by atoms with Crippen molar-refractivity contribution in [3.63, 3.8) is 0 Å². The van der Waals surface area contributed by atoms with Crippen molar-refractivity contribution >= 4 is 22.7 Å². The standard InChI is InChI=1S/C15H22N2S2/c1-3-13(16)15(14-8-6-10-19-14)17(4-2)11-12-7-5-9-18-12/h5-10,13,15H,3-4,11,16H2,1-2H3. The van der Waals surface area contributed by atoms with Gasteiger partial charge in [-0.3, -0.25) is 4.90 Å². The average Bonchev–Trinajstić information content (AvgIpc) is 3.10. The molecule has 2 aromatic heterocycles. The molecule has 2 rings (SSSR count). The van der Waals surface area contributed by atoms with Crippen LogP contribution in [-0.2, 0) is 6.54 Å². The van der Waals surface area contributed by atoms with Crippen LogP contribution < -0.4 is 5.73 Å². The Morgan fingerprint density at radius 1 is 1.16 bits per heavy atom. The first-order chi connectivity index (χ1) is 9.26. The van der Waals surface area contributed by atoms with Crippen LogP contribution in [0.3, 0.4) is 0 Å². The van der Waals surface area contributed by atoms with Gasteiger partial charge in [0.15, 0.2) is 0 Å². The van der Waals surface area contributed by atoms with E-state index in [9.17, 15) is 0 Å². The van der Waals surface area contributed by atoms with Crippen LogP contribution in [0.2, 0.25) is 0 Å². The second-order valence-electron chi connectivity index (χ2n) is 4.67. The molecular weight excluding hydrogens is 272 g/mol. The summed E-state index contributed by atoms with van der Waals surface area (Å²) in [4.78, 5) is 5.28. The molecule has 104 valence electrons. The zero-order chi connectivity index (χ0) is 13.7. The van der Waals surface area contributed by atoms with Gasteiger partial charge in [0.05, 0.1) is 6.04 Å². The molecule has 0 aliphatic heterocycles. The predicted octanol–water partition coefficient (Wildman–Crippen LogP) is 4.11. The first kappa shape index (κ1) is 14.7. The van der Waals surface area contributed by atoms with Crippen molar-refractivity contribution in [2.45, 2.75) is 38.9 Å².